The lowest BCUT2D eigenvalue weighted by atomic mass is 10.0. The summed E-state index contributed by atoms with van der Waals surface area (Å²) < 4.78 is 39.9. The molecule has 0 bridgehead atoms. The molecule has 0 saturated carbocycles. The Morgan fingerprint density at radius 3 is 2.52 bits per heavy atom. The Morgan fingerprint density at radius 1 is 1.19 bits per heavy atom. The number of amides is 1. The van der Waals surface area contributed by atoms with E-state index in [4.69, 9.17) is 0 Å². The van der Waals surface area contributed by atoms with Gasteiger partial charge in [-0.1, -0.05) is 15.9 Å². The summed E-state index contributed by atoms with van der Waals surface area (Å²) in [6.45, 7) is 1.53. The monoisotopic (exact) mass is 441 g/mol. The number of rotatable bonds is 3. The largest absolute Gasteiger partial charge is 0.416 e. The quantitative estimate of drug-likeness (QED) is 0.555. The number of nitro benzene ring substituents is 1. The van der Waals surface area contributed by atoms with Gasteiger partial charge < -0.3 is 5.32 Å². The van der Waals surface area contributed by atoms with Crippen LogP contribution in [-0.4, -0.2) is 16.7 Å². The third-order valence-corrected chi connectivity index (χ3v) is 4.51. The molecule has 1 amide bonds. The van der Waals surface area contributed by atoms with E-state index in [-0.39, 0.29) is 11.4 Å². The van der Waals surface area contributed by atoms with Crippen LogP contribution in [0.15, 0.2) is 45.9 Å². The van der Waals surface area contributed by atoms with Crippen LogP contribution in [0.4, 0.5) is 18.9 Å². The van der Waals surface area contributed by atoms with Gasteiger partial charge in [0.1, 0.15) is 5.84 Å². The van der Waals surface area contributed by atoms with E-state index < -0.39 is 34.3 Å². The Balaban J connectivity index is 1.96. The van der Waals surface area contributed by atoms with Gasteiger partial charge in [0.15, 0.2) is 0 Å². The zero-order chi connectivity index (χ0) is 19.9. The van der Waals surface area contributed by atoms with Gasteiger partial charge in [-0.25, -0.2) is 0 Å². The summed E-state index contributed by atoms with van der Waals surface area (Å²) in [6.07, 6.45) is -4.72. The molecular formula is C17H11BrF3N3O3. The number of carbonyl (C=O) groups excluding carboxylic acids is 1. The van der Waals surface area contributed by atoms with E-state index in [1.807, 2.05) is 0 Å². The van der Waals surface area contributed by atoms with Gasteiger partial charge in [-0.2, -0.15) is 18.2 Å². The summed E-state index contributed by atoms with van der Waals surface area (Å²) in [5, 5.41) is 13.9. The number of hydrogen-bond donors (Lipinski definition) is 1. The minimum atomic E-state index is -4.72. The molecule has 140 valence electrons. The maximum atomic E-state index is 13.1. The molecule has 1 aliphatic rings. The highest BCUT2D eigenvalue weighted by Crippen LogP contribution is 2.34. The first kappa shape index (κ1) is 19.0. The highest BCUT2D eigenvalue weighted by Gasteiger charge is 2.33. The molecule has 0 fully saturated rings. The van der Waals surface area contributed by atoms with Crippen molar-refractivity contribution in [3.63, 3.8) is 0 Å². The number of nitro groups is 1. The topological polar surface area (TPSA) is 84.6 Å². The van der Waals surface area contributed by atoms with Crippen molar-refractivity contribution in [2.75, 3.05) is 0 Å². The molecule has 2 aromatic carbocycles. The second kappa shape index (κ2) is 6.76. The van der Waals surface area contributed by atoms with Gasteiger partial charge in [-0.05, 0) is 36.8 Å². The second-order valence-corrected chi connectivity index (χ2v) is 6.81. The van der Waals surface area contributed by atoms with Crippen molar-refractivity contribution in [3.8, 4) is 0 Å². The van der Waals surface area contributed by atoms with Crippen LogP contribution in [0.2, 0.25) is 0 Å². The van der Waals surface area contributed by atoms with E-state index in [2.05, 4.69) is 26.2 Å². The van der Waals surface area contributed by atoms with Gasteiger partial charge in [0.25, 0.3) is 11.6 Å². The summed E-state index contributed by atoms with van der Waals surface area (Å²) in [5.74, 6) is -0.272. The summed E-state index contributed by atoms with van der Waals surface area (Å²) in [6, 6.07) is 6.54. The molecular weight excluding hydrogens is 431 g/mol. The average Bonchev–Trinajstić information content (AvgIpc) is 2.88. The normalized spacial score (nSPS) is 14.6. The molecule has 10 heteroatoms. The smallest absolute Gasteiger partial charge is 0.363 e. The fourth-order valence-electron chi connectivity index (χ4n) is 2.67. The first-order chi connectivity index (χ1) is 12.6. The Hall–Kier alpha value is -2.75. The lowest BCUT2D eigenvalue weighted by Crippen LogP contribution is -2.27. The van der Waals surface area contributed by atoms with E-state index in [1.165, 1.54) is 6.92 Å². The van der Waals surface area contributed by atoms with Crippen molar-refractivity contribution < 1.29 is 22.9 Å². The molecule has 1 aliphatic heterocycles. The maximum absolute atomic E-state index is 13.1. The van der Waals surface area contributed by atoms with Crippen LogP contribution in [0.5, 0.6) is 0 Å². The van der Waals surface area contributed by atoms with Gasteiger partial charge in [0.2, 0.25) is 0 Å². The van der Waals surface area contributed by atoms with Crippen molar-refractivity contribution in [2.45, 2.75) is 19.1 Å². The van der Waals surface area contributed by atoms with Crippen LogP contribution in [0.3, 0.4) is 0 Å². The highest BCUT2D eigenvalue weighted by molar-refractivity contribution is 9.10. The number of benzene rings is 2. The number of carbonyl (C=O) groups is 1. The summed E-state index contributed by atoms with van der Waals surface area (Å²) >= 11 is 3.29. The maximum Gasteiger partial charge on any atom is 0.416 e. The molecule has 0 spiro atoms. The Kier molecular flexibility index (Phi) is 4.77. The molecule has 0 saturated heterocycles. The minimum Gasteiger partial charge on any atom is -0.363 e. The zero-order valence-corrected chi connectivity index (χ0v) is 15.3. The predicted molar refractivity (Wildman–Crippen MR) is 94.7 cm³/mol. The fraction of sp³-hybridized carbons (Fsp3) is 0.176. The number of alkyl halides is 3. The Bertz CT molecular complexity index is 989. The van der Waals surface area contributed by atoms with Crippen molar-refractivity contribution in [2.24, 2.45) is 4.99 Å². The molecule has 1 N–H and O–H groups in total. The summed E-state index contributed by atoms with van der Waals surface area (Å²) in [7, 11) is 0. The van der Waals surface area contributed by atoms with E-state index >= 15 is 0 Å². The van der Waals surface area contributed by atoms with Crippen LogP contribution >= 0.6 is 15.9 Å². The van der Waals surface area contributed by atoms with E-state index in [1.54, 1.807) is 18.2 Å². The molecule has 1 unspecified atom stereocenters. The zero-order valence-electron chi connectivity index (χ0n) is 13.7. The average molecular weight is 442 g/mol. The van der Waals surface area contributed by atoms with E-state index in [9.17, 15) is 28.1 Å². The van der Waals surface area contributed by atoms with Crippen LogP contribution in [-0.2, 0) is 6.18 Å². The van der Waals surface area contributed by atoms with Crippen molar-refractivity contribution >= 4 is 33.4 Å². The number of amidine groups is 1. The number of aliphatic imine (C=N–C) groups is 1. The second-order valence-electron chi connectivity index (χ2n) is 5.89. The van der Waals surface area contributed by atoms with Gasteiger partial charge in [0, 0.05) is 22.2 Å². The lowest BCUT2D eigenvalue weighted by molar-refractivity contribution is -0.385. The Morgan fingerprint density at radius 2 is 1.89 bits per heavy atom. The molecule has 0 radical (unpaired) electrons. The number of nitrogens with one attached hydrogen (secondary N) is 1. The first-order valence-electron chi connectivity index (χ1n) is 7.62. The molecule has 2 aromatic rings. The fourth-order valence-corrected chi connectivity index (χ4v) is 3.03. The molecule has 3 rings (SSSR count). The first-order valence-corrected chi connectivity index (χ1v) is 8.41. The number of nitrogens with zero attached hydrogens (tertiary/aromatic N) is 2. The number of fused-ring (bicyclic) bond motifs is 1. The highest BCUT2D eigenvalue weighted by atomic mass is 79.9. The standard InChI is InChI=1S/C17H11BrF3N3O3/c1-8(9-4-10(17(19,20)21)6-12(5-9)24(26)27)22-15-14-7-11(18)2-3-13(14)16(25)23-15/h2-8H,1H3,(H,22,23,25). The molecule has 27 heavy (non-hydrogen) atoms. The van der Waals surface area contributed by atoms with Crippen LogP contribution in [0, 0.1) is 10.1 Å². The number of hydrogen-bond acceptors (Lipinski definition) is 4. The van der Waals surface area contributed by atoms with E-state index in [0.717, 1.165) is 12.1 Å². The SMILES string of the molecule is CC(NC1=NC(=O)c2ccc(Br)cc21)c1cc([N+](=O)[O-])cc(C(F)(F)F)c1. The summed E-state index contributed by atoms with van der Waals surface area (Å²) in [5.41, 5.74) is -0.866. The van der Waals surface area contributed by atoms with E-state index in [0.29, 0.717) is 21.7 Å². The number of non-ortho nitro benzene ring substituents is 1. The van der Waals surface area contributed by atoms with Crippen molar-refractivity contribution in [1.82, 2.24) is 5.32 Å². The minimum absolute atomic E-state index is 0.0510. The van der Waals surface area contributed by atoms with Crippen LogP contribution in [0.1, 0.15) is 40.0 Å². The molecule has 1 atom stereocenters. The predicted octanol–water partition coefficient (Wildman–Crippen LogP) is 4.63. The van der Waals surface area contributed by atoms with Crippen LogP contribution < -0.4 is 5.32 Å². The van der Waals surface area contributed by atoms with Crippen molar-refractivity contribution in [1.29, 1.82) is 0 Å². The third-order valence-electron chi connectivity index (χ3n) is 4.01. The molecule has 0 aliphatic carbocycles. The van der Waals surface area contributed by atoms with Gasteiger partial charge in [-0.3, -0.25) is 14.9 Å². The van der Waals surface area contributed by atoms with Crippen LogP contribution in [0.25, 0.3) is 0 Å². The van der Waals surface area contributed by atoms with Crippen molar-refractivity contribution in [3.05, 3.63) is 73.2 Å². The lowest BCUT2D eigenvalue weighted by Gasteiger charge is -2.17. The van der Waals surface area contributed by atoms with Gasteiger partial charge in [-0.15, -0.1) is 0 Å². The molecule has 1 heterocycles. The molecule has 6 nitrogen and oxygen atoms in total. The summed E-state index contributed by atoms with van der Waals surface area (Å²) in [4.78, 5) is 25.9. The third kappa shape index (κ3) is 3.85. The molecule has 0 aromatic heterocycles. The van der Waals surface area contributed by atoms with Gasteiger partial charge in [0.05, 0.1) is 22.1 Å². The number of halogens is 4. The Labute approximate surface area is 159 Å². The van der Waals surface area contributed by atoms with Gasteiger partial charge >= 0.3 is 6.18 Å².